The molecule has 3 aromatic rings. The van der Waals surface area contributed by atoms with E-state index in [0.29, 0.717) is 23.8 Å². The summed E-state index contributed by atoms with van der Waals surface area (Å²) in [6, 6.07) is 14.4. The van der Waals surface area contributed by atoms with Gasteiger partial charge in [0.25, 0.3) is 11.8 Å². The van der Waals surface area contributed by atoms with E-state index in [1.807, 2.05) is 31.2 Å². The van der Waals surface area contributed by atoms with Gasteiger partial charge in [-0.2, -0.15) is 0 Å². The smallest absolute Gasteiger partial charge is 0.286 e. The summed E-state index contributed by atoms with van der Waals surface area (Å²) in [5.74, 6) is 0.414. The van der Waals surface area contributed by atoms with E-state index in [4.69, 9.17) is 9.47 Å². The number of carbonyl (C=O) groups excluding carboxylic acids is 2. The van der Waals surface area contributed by atoms with E-state index in [1.165, 1.54) is 0 Å². The van der Waals surface area contributed by atoms with E-state index in [2.05, 4.69) is 20.8 Å². The minimum absolute atomic E-state index is 0.113. The number of amides is 2. The van der Waals surface area contributed by atoms with Crippen LogP contribution in [0.1, 0.15) is 32.1 Å². The molecule has 150 valence electrons. The zero-order valence-corrected chi connectivity index (χ0v) is 16.8. The van der Waals surface area contributed by atoms with Gasteiger partial charge in [0, 0.05) is 12.2 Å². The van der Waals surface area contributed by atoms with Crippen LogP contribution in [-0.4, -0.2) is 35.7 Å². The van der Waals surface area contributed by atoms with Gasteiger partial charge in [-0.1, -0.05) is 35.6 Å². The van der Waals surface area contributed by atoms with E-state index in [-0.39, 0.29) is 16.6 Å². The van der Waals surface area contributed by atoms with Crippen LogP contribution >= 0.6 is 11.3 Å². The molecule has 0 saturated heterocycles. The summed E-state index contributed by atoms with van der Waals surface area (Å²) in [6.07, 6.45) is 0. The maximum absolute atomic E-state index is 12.4. The summed E-state index contributed by atoms with van der Waals surface area (Å²) in [4.78, 5) is 24.6. The molecule has 0 atom stereocenters. The van der Waals surface area contributed by atoms with Gasteiger partial charge in [-0.05, 0) is 36.8 Å². The van der Waals surface area contributed by atoms with Crippen LogP contribution in [0.3, 0.4) is 0 Å². The Morgan fingerprint density at radius 3 is 2.41 bits per heavy atom. The number of nitrogens with one attached hydrogen (secondary N) is 2. The summed E-state index contributed by atoms with van der Waals surface area (Å²) in [5, 5.41) is 13.3. The van der Waals surface area contributed by atoms with Crippen LogP contribution in [0.2, 0.25) is 0 Å². The average molecular weight is 412 g/mol. The van der Waals surface area contributed by atoms with Gasteiger partial charge in [0.15, 0.2) is 11.5 Å². The minimum Gasteiger partial charge on any atom is -0.493 e. The lowest BCUT2D eigenvalue weighted by molar-refractivity contribution is 0.0948. The largest absolute Gasteiger partial charge is 0.493 e. The lowest BCUT2D eigenvalue weighted by atomic mass is 10.2. The number of anilines is 1. The molecular weight excluding hydrogens is 392 g/mol. The molecule has 1 heterocycles. The molecule has 2 aromatic carbocycles. The number of para-hydroxylation sites is 1. The summed E-state index contributed by atoms with van der Waals surface area (Å²) in [6.45, 7) is 2.66. The second-order valence-electron chi connectivity index (χ2n) is 5.83. The standard InChI is InChI=1S/C20H20N4O4S/c1-3-28-16-11-13(9-10-15(16)27-2)12-21-17(25)19-23-24-20(29-19)18(26)22-14-7-5-4-6-8-14/h4-11H,3,12H2,1-2H3,(H,21,25)(H,22,26). The number of rotatable bonds is 8. The maximum atomic E-state index is 12.4. The molecule has 0 fully saturated rings. The van der Waals surface area contributed by atoms with Gasteiger partial charge in [0.2, 0.25) is 10.0 Å². The van der Waals surface area contributed by atoms with Gasteiger partial charge in [-0.25, -0.2) is 0 Å². The van der Waals surface area contributed by atoms with E-state index in [1.54, 1.807) is 31.4 Å². The van der Waals surface area contributed by atoms with Crippen molar-refractivity contribution in [3.05, 3.63) is 64.1 Å². The molecule has 29 heavy (non-hydrogen) atoms. The summed E-state index contributed by atoms with van der Waals surface area (Å²) in [7, 11) is 1.57. The SMILES string of the molecule is CCOc1cc(CNC(=O)c2nnc(C(=O)Nc3ccccc3)s2)ccc1OC. The van der Waals surface area contributed by atoms with Crippen LogP contribution < -0.4 is 20.1 Å². The Bertz CT molecular complexity index is 991. The Labute approximate surface area is 171 Å². The second-order valence-corrected chi connectivity index (χ2v) is 6.81. The van der Waals surface area contributed by atoms with Crippen molar-refractivity contribution in [3.8, 4) is 11.5 Å². The molecule has 0 unspecified atom stereocenters. The van der Waals surface area contributed by atoms with Crippen LogP contribution in [0, 0.1) is 0 Å². The van der Waals surface area contributed by atoms with Crippen LogP contribution in [0.25, 0.3) is 0 Å². The monoisotopic (exact) mass is 412 g/mol. The Kier molecular flexibility index (Phi) is 6.75. The third kappa shape index (κ3) is 5.29. The first kappa shape index (κ1) is 20.3. The van der Waals surface area contributed by atoms with Gasteiger partial charge in [0.1, 0.15) is 0 Å². The van der Waals surface area contributed by atoms with Gasteiger partial charge >= 0.3 is 0 Å². The molecule has 2 amide bonds. The second kappa shape index (κ2) is 9.65. The highest BCUT2D eigenvalue weighted by atomic mass is 32.1. The van der Waals surface area contributed by atoms with E-state index >= 15 is 0 Å². The third-order valence-electron chi connectivity index (χ3n) is 3.83. The van der Waals surface area contributed by atoms with E-state index in [9.17, 15) is 9.59 Å². The number of nitrogens with zero attached hydrogens (tertiary/aromatic N) is 2. The van der Waals surface area contributed by atoms with Crippen molar-refractivity contribution in [2.45, 2.75) is 13.5 Å². The van der Waals surface area contributed by atoms with Gasteiger partial charge < -0.3 is 20.1 Å². The molecular formula is C20H20N4O4S. The fourth-order valence-electron chi connectivity index (χ4n) is 2.47. The molecule has 3 rings (SSSR count). The minimum atomic E-state index is -0.413. The highest BCUT2D eigenvalue weighted by Gasteiger charge is 2.17. The van der Waals surface area contributed by atoms with Crippen LogP contribution in [-0.2, 0) is 6.54 Å². The number of ether oxygens (including phenoxy) is 2. The first-order valence-electron chi connectivity index (χ1n) is 8.88. The topological polar surface area (TPSA) is 102 Å². The molecule has 0 radical (unpaired) electrons. The number of benzene rings is 2. The van der Waals surface area contributed by atoms with Crippen molar-refractivity contribution < 1.29 is 19.1 Å². The number of aromatic nitrogens is 2. The van der Waals surface area contributed by atoms with Crippen LogP contribution in [0.15, 0.2) is 48.5 Å². The van der Waals surface area contributed by atoms with Crippen molar-refractivity contribution in [1.82, 2.24) is 15.5 Å². The Hall–Kier alpha value is -3.46. The quantitative estimate of drug-likeness (QED) is 0.589. The molecule has 0 aliphatic rings. The Morgan fingerprint density at radius 2 is 1.72 bits per heavy atom. The number of methoxy groups -OCH3 is 1. The predicted octanol–water partition coefficient (Wildman–Crippen LogP) is 3.13. The van der Waals surface area contributed by atoms with Gasteiger partial charge in [-0.15, -0.1) is 10.2 Å². The average Bonchev–Trinajstić information content (AvgIpc) is 3.24. The Morgan fingerprint density at radius 1 is 1.00 bits per heavy atom. The van der Waals surface area contributed by atoms with E-state index in [0.717, 1.165) is 16.9 Å². The fourth-order valence-corrected chi connectivity index (χ4v) is 3.13. The predicted molar refractivity (Wildman–Crippen MR) is 110 cm³/mol. The van der Waals surface area contributed by atoms with Crippen LogP contribution in [0.5, 0.6) is 11.5 Å². The molecule has 0 spiro atoms. The van der Waals surface area contributed by atoms with Crippen LogP contribution in [0.4, 0.5) is 5.69 Å². The number of carbonyl (C=O) groups is 2. The van der Waals surface area contributed by atoms with Crippen molar-refractivity contribution in [3.63, 3.8) is 0 Å². The number of hydrogen-bond donors (Lipinski definition) is 2. The van der Waals surface area contributed by atoms with Crippen molar-refractivity contribution in [2.75, 3.05) is 19.0 Å². The van der Waals surface area contributed by atoms with Crippen molar-refractivity contribution in [2.24, 2.45) is 0 Å². The molecule has 9 heteroatoms. The molecule has 0 saturated carbocycles. The zero-order valence-electron chi connectivity index (χ0n) is 16.0. The molecule has 0 aliphatic heterocycles. The molecule has 0 aliphatic carbocycles. The molecule has 1 aromatic heterocycles. The summed E-state index contributed by atoms with van der Waals surface area (Å²) < 4.78 is 10.8. The van der Waals surface area contributed by atoms with Gasteiger partial charge in [0.05, 0.1) is 13.7 Å². The zero-order chi connectivity index (χ0) is 20.6. The Balaban J connectivity index is 1.60. The van der Waals surface area contributed by atoms with Crippen molar-refractivity contribution in [1.29, 1.82) is 0 Å². The normalized spacial score (nSPS) is 10.3. The lowest BCUT2D eigenvalue weighted by Crippen LogP contribution is -2.22. The first-order chi connectivity index (χ1) is 14.1. The molecule has 2 N–H and O–H groups in total. The highest BCUT2D eigenvalue weighted by molar-refractivity contribution is 7.15. The first-order valence-corrected chi connectivity index (χ1v) is 9.70. The fraction of sp³-hybridized carbons (Fsp3) is 0.200. The highest BCUT2D eigenvalue weighted by Crippen LogP contribution is 2.28. The third-order valence-corrected chi connectivity index (χ3v) is 4.75. The van der Waals surface area contributed by atoms with E-state index < -0.39 is 11.8 Å². The lowest BCUT2D eigenvalue weighted by Gasteiger charge is -2.11. The summed E-state index contributed by atoms with van der Waals surface area (Å²) in [5.41, 5.74) is 1.48. The van der Waals surface area contributed by atoms with Crippen molar-refractivity contribution >= 4 is 28.8 Å². The maximum Gasteiger partial charge on any atom is 0.286 e. The molecule has 8 nitrogen and oxygen atoms in total. The number of hydrogen-bond acceptors (Lipinski definition) is 7. The van der Waals surface area contributed by atoms with Gasteiger partial charge in [-0.3, -0.25) is 9.59 Å². The molecule has 0 bridgehead atoms. The summed E-state index contributed by atoms with van der Waals surface area (Å²) >= 11 is 0.930.